The predicted octanol–water partition coefficient (Wildman–Crippen LogP) is 3.40. The van der Waals surface area contributed by atoms with E-state index in [2.05, 4.69) is 0 Å². The summed E-state index contributed by atoms with van der Waals surface area (Å²) in [6.07, 6.45) is 1.16. The van der Waals surface area contributed by atoms with Gasteiger partial charge in [0.15, 0.2) is 11.6 Å². The van der Waals surface area contributed by atoms with Crippen molar-refractivity contribution >= 4 is 21.6 Å². The standard InChI is InChI=1S/C21H22F2N2O3S/c1-13-5-7-15(8-6-13)29(27,28)24-11-3-4-19(24)21(26)25-14(2)12-16-18(25)10-9-17(22)20(16)23/h5-10,14,19H,3-4,11-12H2,1-2H3/t14?,19-/m0/s1. The molecule has 154 valence electrons. The summed E-state index contributed by atoms with van der Waals surface area (Å²) in [7, 11) is -3.84. The van der Waals surface area contributed by atoms with Gasteiger partial charge >= 0.3 is 0 Å². The number of anilines is 1. The minimum absolute atomic E-state index is 0.144. The molecule has 29 heavy (non-hydrogen) atoms. The van der Waals surface area contributed by atoms with Crippen LogP contribution in [0.15, 0.2) is 41.3 Å². The zero-order chi connectivity index (χ0) is 20.9. The molecule has 2 heterocycles. The highest BCUT2D eigenvalue weighted by Crippen LogP contribution is 2.37. The normalized spacial score (nSPS) is 22.1. The Morgan fingerprint density at radius 3 is 2.48 bits per heavy atom. The van der Waals surface area contributed by atoms with E-state index in [1.54, 1.807) is 19.1 Å². The quantitative estimate of drug-likeness (QED) is 0.765. The highest BCUT2D eigenvalue weighted by atomic mass is 32.2. The van der Waals surface area contributed by atoms with Gasteiger partial charge in [-0.2, -0.15) is 4.31 Å². The van der Waals surface area contributed by atoms with Crippen molar-refractivity contribution in [3.05, 3.63) is 59.2 Å². The largest absolute Gasteiger partial charge is 0.308 e. The lowest BCUT2D eigenvalue weighted by molar-refractivity contribution is -0.121. The molecule has 0 bridgehead atoms. The Kier molecular flexibility index (Phi) is 4.94. The summed E-state index contributed by atoms with van der Waals surface area (Å²) in [4.78, 5) is 14.9. The van der Waals surface area contributed by atoms with Crippen LogP contribution < -0.4 is 4.90 Å². The maximum atomic E-state index is 14.2. The van der Waals surface area contributed by atoms with Crippen LogP contribution >= 0.6 is 0 Å². The molecule has 4 rings (SSSR count). The molecule has 0 aromatic heterocycles. The number of carbonyl (C=O) groups excluding carboxylic acids is 1. The lowest BCUT2D eigenvalue weighted by Crippen LogP contribution is -2.49. The highest BCUT2D eigenvalue weighted by Gasteiger charge is 2.44. The third-order valence-electron chi connectivity index (χ3n) is 5.72. The molecule has 0 saturated carbocycles. The Labute approximate surface area is 169 Å². The minimum atomic E-state index is -3.84. The molecular formula is C21H22F2N2O3S. The average Bonchev–Trinajstić information content (AvgIpc) is 3.30. The van der Waals surface area contributed by atoms with Crippen molar-refractivity contribution in [3.8, 4) is 0 Å². The number of sulfonamides is 1. The van der Waals surface area contributed by atoms with Crippen LogP contribution in [-0.4, -0.2) is 37.3 Å². The van der Waals surface area contributed by atoms with Crippen molar-refractivity contribution < 1.29 is 22.0 Å². The van der Waals surface area contributed by atoms with Crippen molar-refractivity contribution in [2.45, 2.75) is 50.1 Å². The van der Waals surface area contributed by atoms with Crippen LogP contribution in [0.3, 0.4) is 0 Å². The molecular weight excluding hydrogens is 398 g/mol. The van der Waals surface area contributed by atoms with Gasteiger partial charge in [0.2, 0.25) is 15.9 Å². The summed E-state index contributed by atoms with van der Waals surface area (Å²) in [5, 5.41) is 0. The molecule has 1 amide bonds. The first-order valence-corrected chi connectivity index (χ1v) is 11.0. The lowest BCUT2D eigenvalue weighted by Gasteiger charge is -2.30. The van der Waals surface area contributed by atoms with Gasteiger partial charge in [-0.3, -0.25) is 4.79 Å². The zero-order valence-corrected chi connectivity index (χ0v) is 17.0. The van der Waals surface area contributed by atoms with Gasteiger partial charge in [-0.25, -0.2) is 17.2 Å². The average molecular weight is 420 g/mol. The number of amides is 1. The number of halogens is 2. The number of nitrogens with zero attached hydrogens (tertiary/aromatic N) is 2. The summed E-state index contributed by atoms with van der Waals surface area (Å²) >= 11 is 0. The molecule has 1 saturated heterocycles. The van der Waals surface area contributed by atoms with Crippen LogP contribution in [0.4, 0.5) is 14.5 Å². The second kappa shape index (κ2) is 7.18. The third kappa shape index (κ3) is 3.24. The van der Waals surface area contributed by atoms with Gasteiger partial charge in [0.25, 0.3) is 0 Å². The van der Waals surface area contributed by atoms with E-state index in [1.165, 1.54) is 27.4 Å². The lowest BCUT2D eigenvalue weighted by atomic mass is 10.1. The maximum Gasteiger partial charge on any atom is 0.245 e. The Hall–Kier alpha value is -2.32. The molecule has 5 nitrogen and oxygen atoms in total. The highest BCUT2D eigenvalue weighted by molar-refractivity contribution is 7.89. The van der Waals surface area contributed by atoms with E-state index in [0.717, 1.165) is 11.6 Å². The van der Waals surface area contributed by atoms with E-state index in [9.17, 15) is 22.0 Å². The Balaban J connectivity index is 1.67. The van der Waals surface area contributed by atoms with E-state index in [-0.39, 0.29) is 29.5 Å². The fraction of sp³-hybridized carbons (Fsp3) is 0.381. The molecule has 1 unspecified atom stereocenters. The van der Waals surface area contributed by atoms with Crippen molar-refractivity contribution in [1.29, 1.82) is 0 Å². The first kappa shape index (κ1) is 20.0. The summed E-state index contributed by atoms with van der Waals surface area (Å²) in [6.45, 7) is 3.87. The molecule has 2 aromatic rings. The summed E-state index contributed by atoms with van der Waals surface area (Å²) in [6, 6.07) is 7.67. The topological polar surface area (TPSA) is 57.7 Å². The molecule has 0 N–H and O–H groups in total. The predicted molar refractivity (Wildman–Crippen MR) is 105 cm³/mol. The smallest absolute Gasteiger partial charge is 0.245 e. The molecule has 1 fully saturated rings. The van der Waals surface area contributed by atoms with Gasteiger partial charge < -0.3 is 4.90 Å². The van der Waals surface area contributed by atoms with E-state index in [0.29, 0.717) is 18.5 Å². The van der Waals surface area contributed by atoms with Gasteiger partial charge in [0.05, 0.1) is 10.6 Å². The number of carbonyl (C=O) groups is 1. The summed E-state index contributed by atoms with van der Waals surface area (Å²) in [5.41, 5.74) is 1.42. The van der Waals surface area contributed by atoms with E-state index in [4.69, 9.17) is 0 Å². The molecule has 0 spiro atoms. The van der Waals surface area contributed by atoms with Crippen LogP contribution in [0.5, 0.6) is 0 Å². The van der Waals surface area contributed by atoms with Gasteiger partial charge in [0, 0.05) is 18.2 Å². The number of aryl methyl sites for hydroxylation is 1. The number of hydrogen-bond acceptors (Lipinski definition) is 3. The Morgan fingerprint density at radius 2 is 1.79 bits per heavy atom. The number of benzene rings is 2. The van der Waals surface area contributed by atoms with Crippen LogP contribution in [-0.2, 0) is 21.2 Å². The second-order valence-electron chi connectivity index (χ2n) is 7.71. The van der Waals surface area contributed by atoms with Crippen molar-refractivity contribution in [1.82, 2.24) is 4.31 Å². The SMILES string of the molecule is Cc1ccc(S(=O)(=O)N2CCC[C@H]2C(=O)N2c3ccc(F)c(F)c3CC2C)cc1. The van der Waals surface area contributed by atoms with Crippen molar-refractivity contribution in [2.24, 2.45) is 0 Å². The first-order chi connectivity index (χ1) is 13.7. The number of hydrogen-bond donors (Lipinski definition) is 0. The minimum Gasteiger partial charge on any atom is -0.308 e. The van der Waals surface area contributed by atoms with E-state index >= 15 is 0 Å². The Morgan fingerprint density at radius 1 is 1.10 bits per heavy atom. The van der Waals surface area contributed by atoms with E-state index in [1.807, 2.05) is 6.92 Å². The fourth-order valence-electron chi connectivity index (χ4n) is 4.24. The van der Waals surface area contributed by atoms with Gasteiger partial charge in [-0.1, -0.05) is 17.7 Å². The molecule has 8 heteroatoms. The molecule has 2 aliphatic heterocycles. The molecule has 0 aliphatic carbocycles. The summed E-state index contributed by atoms with van der Waals surface area (Å²) < 4.78 is 55.3. The number of rotatable bonds is 3. The first-order valence-electron chi connectivity index (χ1n) is 9.60. The fourth-order valence-corrected chi connectivity index (χ4v) is 5.89. The van der Waals surface area contributed by atoms with Crippen molar-refractivity contribution in [3.63, 3.8) is 0 Å². The van der Waals surface area contributed by atoms with Crippen LogP contribution in [0, 0.1) is 18.6 Å². The van der Waals surface area contributed by atoms with Gasteiger partial charge in [-0.15, -0.1) is 0 Å². The monoisotopic (exact) mass is 420 g/mol. The van der Waals surface area contributed by atoms with E-state index < -0.39 is 33.6 Å². The molecule has 2 aromatic carbocycles. The molecule has 0 radical (unpaired) electrons. The molecule has 2 atom stereocenters. The third-order valence-corrected chi connectivity index (χ3v) is 7.65. The molecule has 2 aliphatic rings. The Bertz CT molecular complexity index is 1070. The van der Waals surface area contributed by atoms with Crippen molar-refractivity contribution in [2.75, 3.05) is 11.4 Å². The van der Waals surface area contributed by atoms with Gasteiger partial charge in [0.1, 0.15) is 6.04 Å². The van der Waals surface area contributed by atoms with Gasteiger partial charge in [-0.05, 0) is 57.4 Å². The zero-order valence-electron chi connectivity index (χ0n) is 16.2. The summed E-state index contributed by atoms with van der Waals surface area (Å²) in [5.74, 6) is -2.29. The maximum absolute atomic E-state index is 14.2. The second-order valence-corrected chi connectivity index (χ2v) is 9.60. The van der Waals surface area contributed by atoms with Crippen LogP contribution in [0.2, 0.25) is 0 Å². The van der Waals surface area contributed by atoms with Crippen LogP contribution in [0.25, 0.3) is 0 Å². The number of fused-ring (bicyclic) bond motifs is 1. The van der Waals surface area contributed by atoms with Crippen LogP contribution in [0.1, 0.15) is 30.9 Å².